The molecular formula is C24H20FN3O4. The summed E-state index contributed by atoms with van der Waals surface area (Å²) < 4.78 is 29.0. The van der Waals surface area contributed by atoms with Crippen LogP contribution in [0.15, 0.2) is 71.3 Å². The maximum absolute atomic E-state index is 13.1. The number of carbonyl (C=O) groups is 1. The van der Waals surface area contributed by atoms with Crippen LogP contribution < -0.4 is 14.8 Å². The molecule has 8 heteroatoms. The first-order chi connectivity index (χ1) is 15.6. The Morgan fingerprint density at radius 1 is 0.969 bits per heavy atom. The van der Waals surface area contributed by atoms with Gasteiger partial charge >= 0.3 is 0 Å². The van der Waals surface area contributed by atoms with Gasteiger partial charge in [0.15, 0.2) is 0 Å². The zero-order valence-corrected chi connectivity index (χ0v) is 17.5. The van der Waals surface area contributed by atoms with Crippen molar-refractivity contribution in [2.75, 3.05) is 14.2 Å². The summed E-state index contributed by atoms with van der Waals surface area (Å²) in [6.07, 6.45) is 0. The van der Waals surface area contributed by atoms with Crippen molar-refractivity contribution in [1.82, 2.24) is 15.5 Å². The van der Waals surface area contributed by atoms with E-state index in [-0.39, 0.29) is 18.3 Å². The summed E-state index contributed by atoms with van der Waals surface area (Å²) in [6.45, 7) is 0.283. The highest BCUT2D eigenvalue weighted by Crippen LogP contribution is 2.25. The number of nitrogens with zero attached hydrogens (tertiary/aromatic N) is 2. The lowest BCUT2D eigenvalue weighted by molar-refractivity contribution is 0.0950. The molecule has 0 aliphatic heterocycles. The first-order valence-corrected chi connectivity index (χ1v) is 9.76. The number of aromatic nitrogens is 2. The van der Waals surface area contributed by atoms with Crippen LogP contribution in [0, 0.1) is 5.82 Å². The molecule has 0 bridgehead atoms. The number of methoxy groups -OCH3 is 2. The number of amides is 1. The normalized spacial score (nSPS) is 10.6. The summed E-state index contributed by atoms with van der Waals surface area (Å²) in [7, 11) is 3.16. The molecule has 1 N–H and O–H groups in total. The van der Waals surface area contributed by atoms with Gasteiger partial charge in [0.25, 0.3) is 11.8 Å². The molecule has 0 fully saturated rings. The van der Waals surface area contributed by atoms with Gasteiger partial charge in [-0.05, 0) is 66.7 Å². The van der Waals surface area contributed by atoms with E-state index >= 15 is 0 Å². The van der Waals surface area contributed by atoms with Gasteiger partial charge in [0.05, 0.1) is 14.2 Å². The van der Waals surface area contributed by atoms with Gasteiger partial charge in [-0.2, -0.15) is 4.98 Å². The average Bonchev–Trinajstić information content (AvgIpc) is 3.33. The maximum atomic E-state index is 13.1. The molecule has 1 heterocycles. The highest BCUT2D eigenvalue weighted by Gasteiger charge is 2.13. The van der Waals surface area contributed by atoms with E-state index in [1.54, 1.807) is 62.8 Å². The van der Waals surface area contributed by atoms with Crippen molar-refractivity contribution in [2.24, 2.45) is 0 Å². The number of halogens is 1. The number of hydrogen-bond acceptors (Lipinski definition) is 6. The van der Waals surface area contributed by atoms with Crippen molar-refractivity contribution in [3.05, 3.63) is 83.7 Å². The van der Waals surface area contributed by atoms with Gasteiger partial charge in [-0.1, -0.05) is 5.16 Å². The van der Waals surface area contributed by atoms with Crippen LogP contribution in [0.3, 0.4) is 0 Å². The maximum Gasteiger partial charge on any atom is 0.258 e. The zero-order valence-electron chi connectivity index (χ0n) is 17.5. The summed E-state index contributed by atoms with van der Waals surface area (Å²) in [5.74, 6) is 1.43. The van der Waals surface area contributed by atoms with Crippen LogP contribution in [0.4, 0.5) is 4.39 Å². The standard InChI is InChI=1S/C24H20FN3O4/c1-30-20-11-12-21(31-2)18(13-20)14-26-23(29)16-3-5-17(6-4-16)24-27-22(28-32-24)15-7-9-19(25)10-8-15/h3-13H,14H2,1-2H3,(H,26,29). The van der Waals surface area contributed by atoms with Crippen LogP contribution >= 0.6 is 0 Å². The average molecular weight is 433 g/mol. The summed E-state index contributed by atoms with van der Waals surface area (Å²) in [4.78, 5) is 16.9. The van der Waals surface area contributed by atoms with Gasteiger partial charge in [0, 0.05) is 28.8 Å². The van der Waals surface area contributed by atoms with Crippen LogP contribution in [0.2, 0.25) is 0 Å². The minimum atomic E-state index is -0.337. The number of rotatable bonds is 7. The van der Waals surface area contributed by atoms with Crippen LogP contribution in [0.5, 0.6) is 11.5 Å². The van der Waals surface area contributed by atoms with Gasteiger partial charge in [-0.25, -0.2) is 4.39 Å². The first-order valence-electron chi connectivity index (χ1n) is 9.76. The van der Waals surface area contributed by atoms with Crippen molar-refractivity contribution >= 4 is 5.91 Å². The van der Waals surface area contributed by atoms with Crippen molar-refractivity contribution in [3.63, 3.8) is 0 Å². The van der Waals surface area contributed by atoms with E-state index in [4.69, 9.17) is 14.0 Å². The minimum absolute atomic E-state index is 0.237. The van der Waals surface area contributed by atoms with Crippen molar-refractivity contribution in [3.8, 4) is 34.3 Å². The largest absolute Gasteiger partial charge is 0.497 e. The fraction of sp³-hybridized carbons (Fsp3) is 0.125. The molecule has 1 amide bonds. The van der Waals surface area contributed by atoms with Crippen molar-refractivity contribution < 1.29 is 23.2 Å². The number of nitrogens with one attached hydrogen (secondary N) is 1. The van der Waals surface area contributed by atoms with E-state index < -0.39 is 0 Å². The number of ether oxygens (including phenoxy) is 2. The number of hydrogen-bond donors (Lipinski definition) is 1. The summed E-state index contributed by atoms with van der Waals surface area (Å²) in [5, 5.41) is 6.81. The molecule has 3 aromatic carbocycles. The van der Waals surface area contributed by atoms with Crippen LogP contribution in [0.1, 0.15) is 15.9 Å². The lowest BCUT2D eigenvalue weighted by atomic mass is 10.1. The highest BCUT2D eigenvalue weighted by atomic mass is 19.1. The van der Waals surface area contributed by atoms with E-state index in [2.05, 4.69) is 15.5 Å². The molecule has 0 saturated heterocycles. The monoisotopic (exact) mass is 433 g/mol. The predicted octanol–water partition coefficient (Wildman–Crippen LogP) is 4.49. The topological polar surface area (TPSA) is 86.5 Å². The van der Waals surface area contributed by atoms with Crippen LogP contribution in [0.25, 0.3) is 22.8 Å². The van der Waals surface area contributed by atoms with Gasteiger partial charge in [-0.15, -0.1) is 0 Å². The molecule has 0 unspecified atom stereocenters. The van der Waals surface area contributed by atoms with Crippen molar-refractivity contribution in [2.45, 2.75) is 6.54 Å². The van der Waals surface area contributed by atoms with Gasteiger partial charge < -0.3 is 19.3 Å². The quantitative estimate of drug-likeness (QED) is 0.462. The smallest absolute Gasteiger partial charge is 0.258 e. The van der Waals surface area contributed by atoms with Gasteiger partial charge in [0.1, 0.15) is 17.3 Å². The Hall–Kier alpha value is -4.20. The fourth-order valence-corrected chi connectivity index (χ4v) is 3.12. The molecule has 4 rings (SSSR count). The Kier molecular flexibility index (Phi) is 6.12. The van der Waals surface area contributed by atoms with Gasteiger partial charge in [-0.3, -0.25) is 4.79 Å². The Labute approximate surface area is 183 Å². The summed E-state index contributed by atoms with van der Waals surface area (Å²) in [6, 6.07) is 18.0. The van der Waals surface area contributed by atoms with Crippen LogP contribution in [-0.4, -0.2) is 30.3 Å². The van der Waals surface area contributed by atoms with E-state index in [0.29, 0.717) is 39.9 Å². The molecule has 7 nitrogen and oxygen atoms in total. The molecule has 1 aromatic heterocycles. The van der Waals surface area contributed by atoms with E-state index in [1.165, 1.54) is 12.1 Å². The third-order valence-corrected chi connectivity index (χ3v) is 4.85. The molecule has 0 aliphatic carbocycles. The second-order valence-electron chi connectivity index (χ2n) is 6.87. The third kappa shape index (κ3) is 4.59. The Bertz CT molecular complexity index is 1220. The summed E-state index contributed by atoms with van der Waals surface area (Å²) in [5.41, 5.74) is 2.59. The minimum Gasteiger partial charge on any atom is -0.497 e. The molecule has 0 atom stereocenters. The molecular weight excluding hydrogens is 413 g/mol. The molecule has 0 spiro atoms. The second-order valence-corrected chi connectivity index (χ2v) is 6.87. The Morgan fingerprint density at radius 3 is 2.38 bits per heavy atom. The second kappa shape index (κ2) is 9.30. The zero-order chi connectivity index (χ0) is 22.5. The lowest BCUT2D eigenvalue weighted by Gasteiger charge is -2.11. The van der Waals surface area contributed by atoms with E-state index in [9.17, 15) is 9.18 Å². The molecule has 32 heavy (non-hydrogen) atoms. The van der Waals surface area contributed by atoms with E-state index in [1.807, 2.05) is 6.07 Å². The van der Waals surface area contributed by atoms with E-state index in [0.717, 1.165) is 5.56 Å². The lowest BCUT2D eigenvalue weighted by Crippen LogP contribution is -2.23. The third-order valence-electron chi connectivity index (χ3n) is 4.85. The van der Waals surface area contributed by atoms with Gasteiger partial charge in [0.2, 0.25) is 5.82 Å². The molecule has 4 aromatic rings. The fourth-order valence-electron chi connectivity index (χ4n) is 3.12. The molecule has 0 radical (unpaired) electrons. The molecule has 0 aliphatic rings. The van der Waals surface area contributed by atoms with Crippen molar-refractivity contribution in [1.29, 1.82) is 0 Å². The number of benzene rings is 3. The first kappa shape index (κ1) is 21.0. The SMILES string of the molecule is COc1ccc(OC)c(CNC(=O)c2ccc(-c3nc(-c4ccc(F)cc4)no3)cc2)c1. The predicted molar refractivity (Wildman–Crippen MR) is 116 cm³/mol. The summed E-state index contributed by atoms with van der Waals surface area (Å²) >= 11 is 0. The Balaban J connectivity index is 1.44. The molecule has 0 saturated carbocycles. The highest BCUT2D eigenvalue weighted by molar-refractivity contribution is 5.94. The van der Waals surface area contributed by atoms with Crippen LogP contribution in [-0.2, 0) is 6.54 Å². The molecule has 162 valence electrons. The Morgan fingerprint density at radius 2 is 1.69 bits per heavy atom. The number of carbonyl (C=O) groups excluding carboxylic acids is 1.